The fourth-order valence-corrected chi connectivity index (χ4v) is 2.93. The summed E-state index contributed by atoms with van der Waals surface area (Å²) in [6, 6.07) is 15.3. The number of hydrogen-bond acceptors (Lipinski definition) is 5. The summed E-state index contributed by atoms with van der Waals surface area (Å²) in [5.41, 5.74) is 8.47. The molecule has 0 bridgehead atoms. The van der Waals surface area contributed by atoms with E-state index in [4.69, 9.17) is 15.2 Å². The zero-order valence-electron chi connectivity index (χ0n) is 12.9. The molecule has 5 heteroatoms. The number of nitrogens with zero attached hydrogens (tertiary/aromatic N) is 1. The van der Waals surface area contributed by atoms with Crippen molar-refractivity contribution in [3.05, 3.63) is 58.9 Å². The van der Waals surface area contributed by atoms with Crippen LogP contribution in [0.1, 0.15) is 5.01 Å². The highest BCUT2D eigenvalue weighted by molar-refractivity contribution is 7.09. The first-order valence-electron chi connectivity index (χ1n) is 7.32. The third-order valence-electron chi connectivity index (χ3n) is 3.40. The molecular weight excluding hydrogens is 308 g/mol. The highest BCUT2D eigenvalue weighted by Gasteiger charge is 2.05. The Morgan fingerprint density at radius 2 is 1.70 bits per heavy atom. The lowest BCUT2D eigenvalue weighted by molar-refractivity contribution is 0.322. The average Bonchev–Trinajstić information content (AvgIpc) is 3.06. The number of hydrogen-bond donors (Lipinski definition) is 1. The molecule has 0 saturated heterocycles. The highest BCUT2D eigenvalue weighted by atomic mass is 32.1. The SMILES string of the molecule is COc1ccc(-c2csc(CCOc3ccc(N)cc3)n2)cc1. The van der Waals surface area contributed by atoms with Gasteiger partial charge in [-0.3, -0.25) is 0 Å². The van der Waals surface area contributed by atoms with E-state index in [1.807, 2.05) is 48.5 Å². The smallest absolute Gasteiger partial charge is 0.119 e. The van der Waals surface area contributed by atoms with Crippen LogP contribution in [0.3, 0.4) is 0 Å². The Balaban J connectivity index is 1.57. The maximum atomic E-state index is 5.70. The fraction of sp³-hybridized carbons (Fsp3) is 0.167. The van der Waals surface area contributed by atoms with E-state index in [1.54, 1.807) is 18.4 Å². The number of rotatable bonds is 6. The molecule has 0 radical (unpaired) electrons. The lowest BCUT2D eigenvalue weighted by Gasteiger charge is -2.04. The van der Waals surface area contributed by atoms with Crippen molar-refractivity contribution in [2.75, 3.05) is 19.5 Å². The molecule has 0 fully saturated rings. The van der Waals surface area contributed by atoms with Gasteiger partial charge in [0, 0.05) is 23.1 Å². The zero-order valence-corrected chi connectivity index (χ0v) is 13.7. The van der Waals surface area contributed by atoms with E-state index in [2.05, 4.69) is 10.4 Å². The van der Waals surface area contributed by atoms with Crippen molar-refractivity contribution in [3.63, 3.8) is 0 Å². The van der Waals surface area contributed by atoms with Crippen LogP contribution < -0.4 is 15.2 Å². The topological polar surface area (TPSA) is 57.4 Å². The summed E-state index contributed by atoms with van der Waals surface area (Å²) < 4.78 is 10.9. The van der Waals surface area contributed by atoms with Crippen LogP contribution in [0.15, 0.2) is 53.9 Å². The second-order valence-corrected chi connectivity index (χ2v) is 5.97. The molecule has 1 aromatic heterocycles. The van der Waals surface area contributed by atoms with Gasteiger partial charge in [-0.2, -0.15) is 0 Å². The normalized spacial score (nSPS) is 10.5. The fourth-order valence-electron chi connectivity index (χ4n) is 2.14. The third-order valence-corrected chi connectivity index (χ3v) is 4.31. The summed E-state index contributed by atoms with van der Waals surface area (Å²) in [6.45, 7) is 0.597. The zero-order chi connectivity index (χ0) is 16.1. The standard InChI is InChI=1S/C18H18N2O2S/c1-21-15-6-2-13(3-7-15)17-12-23-18(20-17)10-11-22-16-8-4-14(19)5-9-16/h2-9,12H,10-11,19H2,1H3. The van der Waals surface area contributed by atoms with E-state index in [0.717, 1.165) is 39.9 Å². The van der Waals surface area contributed by atoms with Gasteiger partial charge in [0.15, 0.2) is 0 Å². The van der Waals surface area contributed by atoms with Crippen LogP contribution in [0.5, 0.6) is 11.5 Å². The summed E-state index contributed by atoms with van der Waals surface area (Å²) in [6.07, 6.45) is 0.783. The molecule has 0 spiro atoms. The number of anilines is 1. The molecule has 0 atom stereocenters. The van der Waals surface area contributed by atoms with Crippen molar-refractivity contribution in [2.45, 2.75) is 6.42 Å². The van der Waals surface area contributed by atoms with Crippen molar-refractivity contribution in [2.24, 2.45) is 0 Å². The van der Waals surface area contributed by atoms with E-state index < -0.39 is 0 Å². The number of aromatic nitrogens is 1. The predicted octanol–water partition coefficient (Wildman–Crippen LogP) is 4.02. The van der Waals surface area contributed by atoms with Gasteiger partial charge in [-0.25, -0.2) is 4.98 Å². The molecule has 0 aliphatic carbocycles. The third kappa shape index (κ3) is 4.02. The Hall–Kier alpha value is -2.53. The van der Waals surface area contributed by atoms with Crippen LogP contribution in [0.25, 0.3) is 11.3 Å². The van der Waals surface area contributed by atoms with E-state index >= 15 is 0 Å². The number of nitrogens with two attached hydrogens (primary N) is 1. The summed E-state index contributed by atoms with van der Waals surface area (Å²) in [7, 11) is 1.66. The van der Waals surface area contributed by atoms with E-state index in [9.17, 15) is 0 Å². The van der Waals surface area contributed by atoms with Gasteiger partial charge in [-0.1, -0.05) is 0 Å². The number of methoxy groups -OCH3 is 1. The lowest BCUT2D eigenvalue weighted by atomic mass is 10.2. The van der Waals surface area contributed by atoms with Gasteiger partial charge >= 0.3 is 0 Å². The predicted molar refractivity (Wildman–Crippen MR) is 94.2 cm³/mol. The first kappa shape index (κ1) is 15.4. The van der Waals surface area contributed by atoms with Crippen LogP contribution in [-0.2, 0) is 6.42 Å². The Bertz CT molecular complexity index is 751. The van der Waals surface area contributed by atoms with Crippen LogP contribution in [-0.4, -0.2) is 18.7 Å². The lowest BCUT2D eigenvalue weighted by Crippen LogP contribution is -2.01. The Kier molecular flexibility index (Phi) is 4.78. The summed E-state index contributed by atoms with van der Waals surface area (Å²) in [4.78, 5) is 4.66. The highest BCUT2D eigenvalue weighted by Crippen LogP contribution is 2.24. The van der Waals surface area contributed by atoms with Crippen molar-refractivity contribution in [1.82, 2.24) is 4.98 Å². The van der Waals surface area contributed by atoms with Gasteiger partial charge in [0.25, 0.3) is 0 Å². The van der Waals surface area contributed by atoms with E-state index in [-0.39, 0.29) is 0 Å². The largest absolute Gasteiger partial charge is 0.497 e. The van der Waals surface area contributed by atoms with Crippen LogP contribution in [0, 0.1) is 0 Å². The van der Waals surface area contributed by atoms with Gasteiger partial charge in [0.1, 0.15) is 11.5 Å². The van der Waals surface area contributed by atoms with Crippen molar-refractivity contribution >= 4 is 17.0 Å². The molecule has 3 rings (SSSR count). The monoisotopic (exact) mass is 326 g/mol. The minimum atomic E-state index is 0.597. The van der Waals surface area contributed by atoms with E-state index in [1.165, 1.54) is 0 Å². The van der Waals surface area contributed by atoms with Crippen LogP contribution in [0.4, 0.5) is 5.69 Å². The Labute approximate surface area is 139 Å². The first-order valence-corrected chi connectivity index (χ1v) is 8.20. The second-order valence-electron chi connectivity index (χ2n) is 5.02. The van der Waals surface area contributed by atoms with Crippen LogP contribution >= 0.6 is 11.3 Å². The number of ether oxygens (including phenoxy) is 2. The van der Waals surface area contributed by atoms with E-state index in [0.29, 0.717) is 6.61 Å². The molecule has 0 aliphatic heterocycles. The molecule has 0 amide bonds. The summed E-state index contributed by atoms with van der Waals surface area (Å²) >= 11 is 1.65. The van der Waals surface area contributed by atoms with Gasteiger partial charge in [-0.05, 0) is 48.5 Å². The van der Waals surface area contributed by atoms with Crippen molar-refractivity contribution in [3.8, 4) is 22.8 Å². The maximum Gasteiger partial charge on any atom is 0.119 e. The van der Waals surface area contributed by atoms with Gasteiger partial charge < -0.3 is 15.2 Å². The minimum Gasteiger partial charge on any atom is -0.497 e. The molecule has 0 saturated carbocycles. The molecule has 3 aromatic rings. The van der Waals surface area contributed by atoms with Gasteiger partial charge in [0.05, 0.1) is 24.4 Å². The summed E-state index contributed by atoms with van der Waals surface area (Å²) in [5, 5.41) is 3.13. The molecule has 4 nitrogen and oxygen atoms in total. The molecule has 0 aliphatic rings. The summed E-state index contributed by atoms with van der Waals surface area (Å²) in [5.74, 6) is 1.67. The van der Waals surface area contributed by atoms with Crippen LogP contribution in [0.2, 0.25) is 0 Å². The van der Waals surface area contributed by atoms with Crippen molar-refractivity contribution in [1.29, 1.82) is 0 Å². The first-order chi connectivity index (χ1) is 11.2. The minimum absolute atomic E-state index is 0.597. The molecule has 118 valence electrons. The number of thiazole rings is 1. The second kappa shape index (κ2) is 7.15. The molecule has 2 aromatic carbocycles. The number of benzene rings is 2. The molecule has 23 heavy (non-hydrogen) atoms. The Morgan fingerprint density at radius 1 is 1.00 bits per heavy atom. The maximum absolute atomic E-state index is 5.70. The molecular formula is C18H18N2O2S. The molecule has 1 heterocycles. The Morgan fingerprint density at radius 3 is 2.39 bits per heavy atom. The van der Waals surface area contributed by atoms with Crippen molar-refractivity contribution < 1.29 is 9.47 Å². The quantitative estimate of drug-likeness (QED) is 0.695. The molecule has 0 unspecified atom stereocenters. The van der Waals surface area contributed by atoms with Gasteiger partial charge in [-0.15, -0.1) is 11.3 Å². The number of nitrogen functional groups attached to an aromatic ring is 1. The van der Waals surface area contributed by atoms with Gasteiger partial charge in [0.2, 0.25) is 0 Å². The molecule has 2 N–H and O–H groups in total. The average molecular weight is 326 g/mol.